The monoisotopic (exact) mass is 432 g/mol. The molecule has 4 nitrogen and oxygen atoms in total. The van der Waals surface area contributed by atoms with E-state index in [1.54, 1.807) is 29.3 Å². The largest absolute Gasteiger partial charge is 0.457 e. The number of nitrogens with one attached hydrogen (secondary N) is 1. The lowest BCUT2D eigenvalue weighted by Crippen LogP contribution is -2.09. The molecular formula is C21H24N2O2S3. The lowest BCUT2D eigenvalue weighted by Gasteiger charge is -2.08. The van der Waals surface area contributed by atoms with E-state index in [-0.39, 0.29) is 5.91 Å². The molecule has 2 heterocycles. The fraction of sp³-hybridized carbons (Fsp3) is 0.286. The van der Waals surface area contributed by atoms with Crippen LogP contribution in [0.25, 0.3) is 0 Å². The molecule has 1 N–H and O–H groups in total. The molecule has 0 radical (unpaired) electrons. The van der Waals surface area contributed by atoms with Crippen molar-refractivity contribution in [1.82, 2.24) is 4.98 Å². The zero-order valence-corrected chi connectivity index (χ0v) is 18.5. The lowest BCUT2D eigenvalue weighted by molar-refractivity contribution is -0.115. The average molecular weight is 433 g/mol. The Labute approximate surface area is 178 Å². The number of thiophene rings is 1. The first-order valence-corrected chi connectivity index (χ1v) is 11.6. The molecule has 0 saturated heterocycles. The number of thiazole rings is 1. The Morgan fingerprint density at radius 2 is 2.32 bits per heavy atom. The van der Waals surface area contributed by atoms with Gasteiger partial charge >= 0.3 is 0 Å². The van der Waals surface area contributed by atoms with Crippen LogP contribution in [0.4, 0.5) is 5.13 Å². The molecule has 2 aromatic heterocycles. The van der Waals surface area contributed by atoms with Gasteiger partial charge in [-0.15, -0.1) is 23.1 Å². The van der Waals surface area contributed by atoms with E-state index in [9.17, 15) is 4.79 Å². The van der Waals surface area contributed by atoms with Crippen molar-refractivity contribution in [2.45, 2.75) is 37.3 Å². The summed E-state index contributed by atoms with van der Waals surface area (Å²) in [5.41, 5.74) is 2.84. The normalized spacial score (nSPS) is 11.4. The summed E-state index contributed by atoms with van der Waals surface area (Å²) >= 11 is 4.75. The Morgan fingerprint density at radius 1 is 1.46 bits per heavy atom. The van der Waals surface area contributed by atoms with Crippen LogP contribution in [-0.2, 0) is 16.0 Å². The molecule has 0 bridgehead atoms. The van der Waals surface area contributed by atoms with Gasteiger partial charge in [0.1, 0.15) is 5.76 Å². The standard InChI is InChI=1S/C21H24N2O2S3/c1-4-16(5-2)25-17(6-3)15-27-20-14-22-21(28-20)23-19(24)12-8-7-10-18-11-9-13-26-18/h4,7-9,11,13-14H,3,5,10,12,15H2,1-2H3,(H,22,23,24)/b8-7+,16-4-. The van der Waals surface area contributed by atoms with E-state index in [0.717, 1.165) is 22.8 Å². The van der Waals surface area contributed by atoms with E-state index in [1.807, 2.05) is 38.1 Å². The van der Waals surface area contributed by atoms with Gasteiger partial charge in [-0.2, -0.15) is 0 Å². The van der Waals surface area contributed by atoms with Crippen molar-refractivity contribution >= 4 is 45.5 Å². The highest BCUT2D eigenvalue weighted by Crippen LogP contribution is 2.30. The second-order valence-electron chi connectivity index (χ2n) is 5.59. The predicted octanol–water partition coefficient (Wildman–Crippen LogP) is 6.42. The molecule has 0 aliphatic rings. The molecule has 0 aliphatic heterocycles. The summed E-state index contributed by atoms with van der Waals surface area (Å²) in [5.74, 6) is 2.14. The number of hydrogen-bond donors (Lipinski definition) is 1. The Bertz CT molecular complexity index is 860. The molecule has 2 aromatic rings. The van der Waals surface area contributed by atoms with Gasteiger partial charge in [-0.1, -0.05) is 48.8 Å². The second kappa shape index (κ2) is 12.4. The highest BCUT2D eigenvalue weighted by Gasteiger charge is 2.08. The number of aromatic nitrogens is 1. The summed E-state index contributed by atoms with van der Waals surface area (Å²) in [4.78, 5) is 17.6. The number of allylic oxidation sites excluding steroid dienone is 3. The summed E-state index contributed by atoms with van der Waals surface area (Å²) in [5, 5.41) is 5.50. The quantitative estimate of drug-likeness (QED) is 0.193. The summed E-state index contributed by atoms with van der Waals surface area (Å²) < 4.78 is 6.76. The third-order valence-corrected chi connectivity index (χ3v) is 6.57. The third kappa shape index (κ3) is 7.90. The fourth-order valence-corrected chi connectivity index (χ4v) is 4.58. The van der Waals surface area contributed by atoms with Crippen molar-refractivity contribution in [1.29, 1.82) is 0 Å². The second-order valence-corrected chi connectivity index (χ2v) is 8.93. The highest BCUT2D eigenvalue weighted by atomic mass is 32.2. The van der Waals surface area contributed by atoms with E-state index in [1.165, 1.54) is 16.2 Å². The maximum Gasteiger partial charge on any atom is 0.229 e. The van der Waals surface area contributed by atoms with E-state index in [2.05, 4.69) is 34.1 Å². The van der Waals surface area contributed by atoms with E-state index >= 15 is 0 Å². The van der Waals surface area contributed by atoms with Crippen LogP contribution in [0.15, 0.2) is 70.0 Å². The minimum absolute atomic E-state index is 0.0657. The van der Waals surface area contributed by atoms with Crippen molar-refractivity contribution in [3.8, 4) is 0 Å². The molecule has 0 aromatic carbocycles. The van der Waals surface area contributed by atoms with Gasteiger partial charge in [0, 0.05) is 17.7 Å². The van der Waals surface area contributed by atoms with Crippen LogP contribution >= 0.6 is 34.4 Å². The first kappa shape index (κ1) is 22.2. The molecule has 0 fully saturated rings. The zero-order valence-electron chi connectivity index (χ0n) is 16.1. The topological polar surface area (TPSA) is 51.2 Å². The van der Waals surface area contributed by atoms with Crippen LogP contribution in [0.5, 0.6) is 0 Å². The molecule has 1 amide bonds. The maximum absolute atomic E-state index is 12.0. The Morgan fingerprint density at radius 3 is 3.00 bits per heavy atom. The van der Waals surface area contributed by atoms with Crippen LogP contribution in [0.3, 0.4) is 0 Å². The predicted molar refractivity (Wildman–Crippen MR) is 121 cm³/mol. The molecule has 0 aliphatic carbocycles. The van der Waals surface area contributed by atoms with Gasteiger partial charge in [0.25, 0.3) is 0 Å². The van der Waals surface area contributed by atoms with E-state index in [4.69, 9.17) is 4.74 Å². The number of anilines is 1. The third-order valence-electron chi connectivity index (χ3n) is 3.57. The Balaban J connectivity index is 1.75. The zero-order chi connectivity index (χ0) is 20.2. The molecule has 0 saturated carbocycles. The number of hydrogen-bond acceptors (Lipinski definition) is 6. The number of carbonyl (C=O) groups excluding carboxylic acids is 1. The number of amides is 1. The number of carbonyl (C=O) groups is 1. The summed E-state index contributed by atoms with van der Waals surface area (Å²) in [7, 11) is 0. The first-order chi connectivity index (χ1) is 13.6. The fourth-order valence-electron chi connectivity index (χ4n) is 2.12. The molecule has 7 heteroatoms. The van der Waals surface area contributed by atoms with Crippen molar-refractivity contribution in [2.24, 2.45) is 0 Å². The molecule has 0 unspecified atom stereocenters. The van der Waals surface area contributed by atoms with Gasteiger partial charge in [-0.05, 0) is 30.9 Å². The minimum atomic E-state index is -0.0657. The van der Waals surface area contributed by atoms with Crippen molar-refractivity contribution in [3.05, 3.63) is 70.6 Å². The molecular weight excluding hydrogens is 408 g/mol. The van der Waals surface area contributed by atoms with Gasteiger partial charge in [-0.25, -0.2) is 4.98 Å². The number of nitrogens with zero attached hydrogens (tertiary/aromatic N) is 1. The first-order valence-electron chi connectivity index (χ1n) is 8.92. The number of thioether (sulfide) groups is 1. The van der Waals surface area contributed by atoms with Crippen molar-refractivity contribution < 1.29 is 9.53 Å². The molecule has 28 heavy (non-hydrogen) atoms. The van der Waals surface area contributed by atoms with E-state index in [0.29, 0.717) is 23.1 Å². The van der Waals surface area contributed by atoms with Gasteiger partial charge in [0.15, 0.2) is 10.9 Å². The molecule has 2 rings (SSSR count). The SMILES string of the molecule is C=C=C(CSc1cnc(NC(=O)C/C=C/Cc2cccs2)s1)O/C(=C\C)CC. The average Bonchev–Trinajstić information content (AvgIpc) is 3.38. The number of rotatable bonds is 11. The van der Waals surface area contributed by atoms with Gasteiger partial charge in [0.05, 0.1) is 16.2 Å². The van der Waals surface area contributed by atoms with E-state index < -0.39 is 0 Å². The van der Waals surface area contributed by atoms with Crippen LogP contribution in [-0.4, -0.2) is 16.6 Å². The number of ether oxygens (including phenoxy) is 1. The van der Waals surface area contributed by atoms with Gasteiger partial charge in [-0.3, -0.25) is 4.79 Å². The highest BCUT2D eigenvalue weighted by molar-refractivity contribution is 8.01. The lowest BCUT2D eigenvalue weighted by atomic mass is 10.3. The molecule has 148 valence electrons. The van der Waals surface area contributed by atoms with Crippen molar-refractivity contribution in [2.75, 3.05) is 11.1 Å². The molecule has 0 spiro atoms. The Hall–Kier alpha value is -2.05. The van der Waals surface area contributed by atoms with Crippen LogP contribution in [0.1, 0.15) is 31.6 Å². The van der Waals surface area contributed by atoms with Crippen LogP contribution in [0, 0.1) is 0 Å². The van der Waals surface area contributed by atoms with Gasteiger partial charge in [0.2, 0.25) is 5.91 Å². The summed E-state index contributed by atoms with van der Waals surface area (Å²) in [6.45, 7) is 7.68. The molecule has 0 atom stereocenters. The summed E-state index contributed by atoms with van der Waals surface area (Å²) in [6, 6.07) is 4.12. The van der Waals surface area contributed by atoms with Crippen LogP contribution in [0.2, 0.25) is 0 Å². The minimum Gasteiger partial charge on any atom is -0.457 e. The maximum atomic E-state index is 12.0. The summed E-state index contributed by atoms with van der Waals surface area (Å²) in [6.07, 6.45) is 9.64. The van der Waals surface area contributed by atoms with Crippen molar-refractivity contribution in [3.63, 3.8) is 0 Å². The Kier molecular flexibility index (Phi) is 9.86. The van der Waals surface area contributed by atoms with Gasteiger partial charge < -0.3 is 10.1 Å². The van der Waals surface area contributed by atoms with Crippen LogP contribution < -0.4 is 5.32 Å². The smallest absolute Gasteiger partial charge is 0.229 e.